The van der Waals surface area contributed by atoms with Gasteiger partial charge in [-0.3, -0.25) is 4.99 Å². The van der Waals surface area contributed by atoms with E-state index in [-0.39, 0.29) is 29.4 Å². The van der Waals surface area contributed by atoms with Crippen LogP contribution in [0.4, 0.5) is 0 Å². The SMILES string of the molecule is CCNC(=NCC1(c2ccc(OC)cc2)CCOCC1)NCCn1cccc1.I. The first kappa shape index (κ1) is 23.5. The second-order valence-electron chi connectivity index (χ2n) is 7.16. The van der Waals surface area contributed by atoms with Crippen LogP contribution in [0, 0.1) is 0 Å². The van der Waals surface area contributed by atoms with Crippen LogP contribution in [-0.2, 0) is 16.7 Å². The van der Waals surface area contributed by atoms with Crippen molar-refractivity contribution in [2.75, 3.05) is 40.0 Å². The fourth-order valence-corrected chi connectivity index (χ4v) is 3.64. The van der Waals surface area contributed by atoms with Crippen molar-refractivity contribution in [3.63, 3.8) is 0 Å². The molecule has 7 heteroatoms. The van der Waals surface area contributed by atoms with Crippen LogP contribution in [0.25, 0.3) is 0 Å². The fraction of sp³-hybridized carbons (Fsp3) is 0.500. The van der Waals surface area contributed by atoms with Gasteiger partial charge in [-0.1, -0.05) is 12.1 Å². The molecule has 2 heterocycles. The molecule has 1 aromatic carbocycles. The molecule has 0 bridgehead atoms. The Morgan fingerprint density at radius 3 is 2.45 bits per heavy atom. The molecule has 1 aliphatic heterocycles. The summed E-state index contributed by atoms with van der Waals surface area (Å²) < 4.78 is 13.1. The molecule has 0 saturated carbocycles. The van der Waals surface area contributed by atoms with Crippen LogP contribution in [0.5, 0.6) is 5.75 Å². The number of hydrogen-bond donors (Lipinski definition) is 2. The molecule has 1 aliphatic rings. The second kappa shape index (κ2) is 12.1. The highest BCUT2D eigenvalue weighted by Crippen LogP contribution is 2.36. The third-order valence-electron chi connectivity index (χ3n) is 5.36. The van der Waals surface area contributed by atoms with Crippen molar-refractivity contribution in [3.8, 4) is 5.75 Å². The van der Waals surface area contributed by atoms with Gasteiger partial charge < -0.3 is 24.7 Å². The molecule has 0 amide bonds. The molecule has 29 heavy (non-hydrogen) atoms. The van der Waals surface area contributed by atoms with E-state index < -0.39 is 0 Å². The molecule has 0 aliphatic carbocycles. The molecule has 1 fully saturated rings. The van der Waals surface area contributed by atoms with Crippen LogP contribution in [0.1, 0.15) is 25.3 Å². The Morgan fingerprint density at radius 1 is 1.14 bits per heavy atom. The minimum Gasteiger partial charge on any atom is -0.497 e. The average molecular weight is 512 g/mol. The average Bonchev–Trinajstić information content (AvgIpc) is 3.26. The molecule has 6 nitrogen and oxygen atoms in total. The van der Waals surface area contributed by atoms with Crippen LogP contribution >= 0.6 is 24.0 Å². The Bertz CT molecular complexity index is 726. The summed E-state index contributed by atoms with van der Waals surface area (Å²) in [6, 6.07) is 12.5. The number of hydrogen-bond acceptors (Lipinski definition) is 3. The van der Waals surface area contributed by atoms with Crippen molar-refractivity contribution in [1.29, 1.82) is 0 Å². The van der Waals surface area contributed by atoms with Crippen molar-refractivity contribution < 1.29 is 9.47 Å². The highest BCUT2D eigenvalue weighted by atomic mass is 127. The predicted octanol–water partition coefficient (Wildman–Crippen LogP) is 3.42. The molecular formula is C22H33IN4O2. The fourth-order valence-electron chi connectivity index (χ4n) is 3.64. The van der Waals surface area contributed by atoms with Crippen LogP contribution in [0.2, 0.25) is 0 Å². The maximum atomic E-state index is 5.64. The van der Waals surface area contributed by atoms with E-state index in [1.54, 1.807) is 7.11 Å². The molecule has 160 valence electrons. The lowest BCUT2D eigenvalue weighted by molar-refractivity contribution is 0.0531. The first-order chi connectivity index (χ1) is 13.8. The number of ether oxygens (including phenoxy) is 2. The minimum atomic E-state index is 0. The lowest BCUT2D eigenvalue weighted by Crippen LogP contribution is -2.42. The first-order valence-electron chi connectivity index (χ1n) is 10.1. The van der Waals surface area contributed by atoms with E-state index in [9.17, 15) is 0 Å². The number of benzene rings is 1. The summed E-state index contributed by atoms with van der Waals surface area (Å²) in [5, 5.41) is 6.82. The number of halogens is 1. The molecule has 1 aromatic heterocycles. The van der Waals surface area contributed by atoms with Gasteiger partial charge in [0.15, 0.2) is 5.96 Å². The third kappa shape index (κ3) is 6.64. The summed E-state index contributed by atoms with van der Waals surface area (Å²) in [6.07, 6.45) is 6.11. The third-order valence-corrected chi connectivity index (χ3v) is 5.36. The monoisotopic (exact) mass is 512 g/mol. The number of nitrogens with one attached hydrogen (secondary N) is 2. The molecule has 1 saturated heterocycles. The number of aliphatic imine (C=N–C) groups is 1. The van der Waals surface area contributed by atoms with Crippen molar-refractivity contribution in [2.45, 2.75) is 31.7 Å². The molecule has 2 N–H and O–H groups in total. The summed E-state index contributed by atoms with van der Waals surface area (Å²) in [5.74, 6) is 1.75. The Hall–Kier alpha value is -1.74. The largest absolute Gasteiger partial charge is 0.497 e. The quantitative estimate of drug-likeness (QED) is 0.324. The number of guanidine groups is 1. The highest BCUT2D eigenvalue weighted by Gasteiger charge is 2.34. The van der Waals surface area contributed by atoms with E-state index in [1.165, 1.54) is 5.56 Å². The van der Waals surface area contributed by atoms with E-state index in [1.807, 2.05) is 24.3 Å². The van der Waals surface area contributed by atoms with Gasteiger partial charge in [0, 0.05) is 50.7 Å². The number of rotatable bonds is 8. The molecule has 0 unspecified atom stereocenters. The van der Waals surface area contributed by atoms with E-state index in [0.717, 1.165) is 63.9 Å². The van der Waals surface area contributed by atoms with Gasteiger partial charge >= 0.3 is 0 Å². The smallest absolute Gasteiger partial charge is 0.191 e. The van der Waals surface area contributed by atoms with Crippen molar-refractivity contribution in [3.05, 3.63) is 54.4 Å². The van der Waals surface area contributed by atoms with Crippen molar-refractivity contribution in [1.82, 2.24) is 15.2 Å². The van der Waals surface area contributed by atoms with Crippen molar-refractivity contribution in [2.24, 2.45) is 4.99 Å². The Labute approximate surface area is 191 Å². The van der Waals surface area contributed by atoms with Gasteiger partial charge in [-0.2, -0.15) is 0 Å². The number of nitrogens with zero attached hydrogens (tertiary/aromatic N) is 2. The molecule has 0 spiro atoms. The Morgan fingerprint density at radius 2 is 1.83 bits per heavy atom. The van der Waals surface area contributed by atoms with Crippen LogP contribution < -0.4 is 15.4 Å². The van der Waals surface area contributed by atoms with E-state index in [2.05, 4.69) is 46.7 Å². The van der Waals surface area contributed by atoms with E-state index in [4.69, 9.17) is 14.5 Å². The van der Waals surface area contributed by atoms with Gasteiger partial charge in [0.25, 0.3) is 0 Å². The van der Waals surface area contributed by atoms with Gasteiger partial charge in [-0.25, -0.2) is 0 Å². The summed E-state index contributed by atoms with van der Waals surface area (Å²) in [5.41, 5.74) is 1.32. The minimum absolute atomic E-state index is 0. The maximum Gasteiger partial charge on any atom is 0.191 e. The lowest BCUT2D eigenvalue weighted by atomic mass is 9.74. The summed E-state index contributed by atoms with van der Waals surface area (Å²) in [6.45, 7) is 6.97. The number of methoxy groups -OCH3 is 1. The molecular weight excluding hydrogens is 479 g/mol. The first-order valence-corrected chi connectivity index (χ1v) is 10.1. The predicted molar refractivity (Wildman–Crippen MR) is 129 cm³/mol. The Kier molecular flexibility index (Phi) is 9.80. The summed E-state index contributed by atoms with van der Waals surface area (Å²) in [4.78, 5) is 4.95. The van der Waals surface area contributed by atoms with Gasteiger partial charge in [0.1, 0.15) is 5.75 Å². The zero-order valence-electron chi connectivity index (χ0n) is 17.4. The van der Waals surface area contributed by atoms with E-state index >= 15 is 0 Å². The zero-order valence-corrected chi connectivity index (χ0v) is 19.7. The number of aromatic nitrogens is 1. The molecule has 0 radical (unpaired) electrons. The Balaban J connectivity index is 0.00000300. The lowest BCUT2D eigenvalue weighted by Gasteiger charge is -2.36. The topological polar surface area (TPSA) is 59.8 Å². The van der Waals surface area contributed by atoms with Crippen LogP contribution in [0.15, 0.2) is 53.8 Å². The second-order valence-corrected chi connectivity index (χ2v) is 7.16. The summed E-state index contributed by atoms with van der Waals surface area (Å²) in [7, 11) is 1.70. The maximum absolute atomic E-state index is 5.64. The molecule has 2 aromatic rings. The van der Waals surface area contributed by atoms with Gasteiger partial charge in [0.05, 0.1) is 13.7 Å². The van der Waals surface area contributed by atoms with E-state index in [0.29, 0.717) is 0 Å². The van der Waals surface area contributed by atoms with Gasteiger partial charge in [0.2, 0.25) is 0 Å². The van der Waals surface area contributed by atoms with Crippen molar-refractivity contribution >= 4 is 29.9 Å². The normalized spacial score (nSPS) is 16.0. The zero-order chi connectivity index (χ0) is 19.7. The van der Waals surface area contributed by atoms with Gasteiger partial charge in [-0.05, 0) is 49.6 Å². The molecule has 3 rings (SSSR count). The molecule has 0 atom stereocenters. The van der Waals surface area contributed by atoms with Gasteiger partial charge in [-0.15, -0.1) is 24.0 Å². The van der Waals surface area contributed by atoms with Crippen LogP contribution in [0.3, 0.4) is 0 Å². The van der Waals surface area contributed by atoms with Crippen LogP contribution in [-0.4, -0.2) is 50.5 Å². The highest BCUT2D eigenvalue weighted by molar-refractivity contribution is 14.0. The summed E-state index contributed by atoms with van der Waals surface area (Å²) >= 11 is 0. The standard InChI is InChI=1S/C22H32N4O2.HI/c1-3-23-21(24-12-15-26-13-4-5-14-26)25-18-22(10-16-28-17-11-22)19-6-8-20(27-2)9-7-19;/h4-9,13-14H,3,10-12,15-18H2,1-2H3,(H2,23,24,25);1H.